The zero-order valence-corrected chi connectivity index (χ0v) is 20.7. The highest BCUT2D eigenvalue weighted by molar-refractivity contribution is 7.20. The summed E-state index contributed by atoms with van der Waals surface area (Å²) in [4.78, 5) is 43.9. The molecule has 2 aromatic carbocycles. The first-order valence-electron chi connectivity index (χ1n) is 10.6. The van der Waals surface area contributed by atoms with Crippen molar-refractivity contribution in [3.63, 3.8) is 0 Å². The number of nitrogens with one attached hydrogen (secondary N) is 2. The molecule has 2 heterocycles. The summed E-state index contributed by atoms with van der Waals surface area (Å²) in [6, 6.07) is 11.0. The second kappa shape index (κ2) is 9.40. The van der Waals surface area contributed by atoms with Crippen molar-refractivity contribution in [2.75, 3.05) is 10.6 Å². The van der Waals surface area contributed by atoms with Crippen LogP contribution >= 0.6 is 22.9 Å². The fourth-order valence-electron chi connectivity index (χ4n) is 3.71. The standard InChI is InChI=1S/C25H23ClN4O3S/c1-13-8-9-18(14(2)10-13)29-23(32)22-16(4)21-24(34-22)27-12-30(25(21)33)11-20(31)28-19-7-5-6-17(26)15(19)3/h5-10,12H,11H2,1-4H3,(H,28,31)(H,29,32). The minimum absolute atomic E-state index is 0.215. The number of aryl methyl sites for hydroxylation is 3. The fourth-order valence-corrected chi connectivity index (χ4v) is 4.92. The molecule has 2 amide bonds. The molecule has 34 heavy (non-hydrogen) atoms. The van der Waals surface area contributed by atoms with E-state index in [1.54, 1.807) is 32.0 Å². The summed E-state index contributed by atoms with van der Waals surface area (Å²) in [5.74, 6) is -0.679. The Morgan fingerprint density at radius 3 is 2.53 bits per heavy atom. The maximum atomic E-state index is 13.1. The van der Waals surface area contributed by atoms with Crippen LogP contribution in [0.25, 0.3) is 10.2 Å². The highest BCUT2D eigenvalue weighted by Gasteiger charge is 2.21. The Bertz CT molecular complexity index is 1510. The van der Waals surface area contributed by atoms with Crippen molar-refractivity contribution < 1.29 is 9.59 Å². The van der Waals surface area contributed by atoms with E-state index in [-0.39, 0.29) is 23.9 Å². The van der Waals surface area contributed by atoms with Gasteiger partial charge in [-0.15, -0.1) is 11.3 Å². The largest absolute Gasteiger partial charge is 0.324 e. The predicted molar refractivity (Wildman–Crippen MR) is 137 cm³/mol. The van der Waals surface area contributed by atoms with Crippen molar-refractivity contribution >= 4 is 56.3 Å². The van der Waals surface area contributed by atoms with Gasteiger partial charge in [0.2, 0.25) is 5.91 Å². The van der Waals surface area contributed by atoms with Crippen LogP contribution in [-0.2, 0) is 11.3 Å². The first kappa shape index (κ1) is 23.7. The van der Waals surface area contributed by atoms with Gasteiger partial charge in [0.1, 0.15) is 11.4 Å². The number of rotatable bonds is 5. The average Bonchev–Trinajstić information content (AvgIpc) is 3.12. The third kappa shape index (κ3) is 4.60. The van der Waals surface area contributed by atoms with Crippen LogP contribution in [0.5, 0.6) is 0 Å². The highest BCUT2D eigenvalue weighted by Crippen LogP contribution is 2.28. The van der Waals surface area contributed by atoms with Crippen LogP contribution in [0.15, 0.2) is 47.5 Å². The van der Waals surface area contributed by atoms with Gasteiger partial charge < -0.3 is 10.6 Å². The molecule has 4 rings (SSSR count). The van der Waals surface area contributed by atoms with Crippen molar-refractivity contribution in [3.8, 4) is 0 Å². The SMILES string of the molecule is Cc1ccc(NC(=O)c2sc3ncn(CC(=O)Nc4cccc(Cl)c4C)c(=O)c3c2C)c(C)c1. The molecule has 0 unspecified atom stereocenters. The molecule has 7 nitrogen and oxygen atoms in total. The summed E-state index contributed by atoms with van der Waals surface area (Å²) < 4.78 is 1.24. The molecule has 9 heteroatoms. The van der Waals surface area contributed by atoms with E-state index in [9.17, 15) is 14.4 Å². The van der Waals surface area contributed by atoms with E-state index >= 15 is 0 Å². The number of benzene rings is 2. The lowest BCUT2D eigenvalue weighted by molar-refractivity contribution is -0.116. The van der Waals surface area contributed by atoms with Gasteiger partial charge in [-0.25, -0.2) is 4.98 Å². The molecule has 0 bridgehead atoms. The van der Waals surface area contributed by atoms with Crippen LogP contribution in [0.2, 0.25) is 5.02 Å². The van der Waals surface area contributed by atoms with E-state index in [4.69, 9.17) is 11.6 Å². The molecule has 0 spiro atoms. The lowest BCUT2D eigenvalue weighted by Gasteiger charge is -2.10. The van der Waals surface area contributed by atoms with Crippen LogP contribution in [0, 0.1) is 27.7 Å². The van der Waals surface area contributed by atoms with E-state index < -0.39 is 0 Å². The highest BCUT2D eigenvalue weighted by atomic mass is 35.5. The summed E-state index contributed by atoms with van der Waals surface area (Å²) in [6.07, 6.45) is 1.33. The van der Waals surface area contributed by atoms with Crippen molar-refractivity contribution in [1.29, 1.82) is 0 Å². The lowest BCUT2D eigenvalue weighted by Crippen LogP contribution is -2.28. The number of amides is 2. The molecule has 0 aliphatic carbocycles. The Labute approximate surface area is 205 Å². The van der Waals surface area contributed by atoms with Crippen molar-refractivity contribution in [3.05, 3.63) is 85.2 Å². The number of fused-ring (bicyclic) bond motifs is 1. The molecule has 0 saturated carbocycles. The molecule has 0 atom stereocenters. The predicted octanol–water partition coefficient (Wildman–Crippen LogP) is 5.24. The van der Waals surface area contributed by atoms with E-state index in [0.29, 0.717) is 37.1 Å². The number of aromatic nitrogens is 2. The summed E-state index contributed by atoms with van der Waals surface area (Å²) in [7, 11) is 0. The Kier molecular flexibility index (Phi) is 6.54. The number of carbonyl (C=O) groups is 2. The van der Waals surface area contributed by atoms with Gasteiger partial charge in [0.05, 0.1) is 16.6 Å². The minimum atomic E-state index is -0.380. The van der Waals surface area contributed by atoms with Gasteiger partial charge in [0.25, 0.3) is 11.5 Å². The number of nitrogens with zero attached hydrogens (tertiary/aromatic N) is 2. The molecule has 0 aliphatic heterocycles. The number of hydrogen-bond acceptors (Lipinski definition) is 5. The Balaban J connectivity index is 1.59. The van der Waals surface area contributed by atoms with E-state index in [2.05, 4.69) is 15.6 Å². The normalized spacial score (nSPS) is 11.0. The van der Waals surface area contributed by atoms with Crippen LogP contribution < -0.4 is 16.2 Å². The summed E-state index contributed by atoms with van der Waals surface area (Å²) in [5, 5.41) is 6.57. The maximum absolute atomic E-state index is 13.1. The van der Waals surface area contributed by atoms with E-state index in [0.717, 1.165) is 28.0 Å². The van der Waals surface area contributed by atoms with Crippen LogP contribution in [0.1, 0.15) is 31.9 Å². The molecular weight excluding hydrogens is 472 g/mol. The van der Waals surface area contributed by atoms with Gasteiger partial charge in [0, 0.05) is 16.4 Å². The molecule has 0 saturated heterocycles. The third-order valence-electron chi connectivity index (χ3n) is 5.61. The zero-order chi connectivity index (χ0) is 24.6. The Morgan fingerprint density at radius 2 is 1.79 bits per heavy atom. The molecular formula is C25H23ClN4O3S. The van der Waals surface area contributed by atoms with Gasteiger partial charge in [-0.1, -0.05) is 35.4 Å². The molecule has 2 aromatic heterocycles. The number of thiophene rings is 1. The van der Waals surface area contributed by atoms with Crippen molar-refractivity contribution in [2.24, 2.45) is 0 Å². The quantitative estimate of drug-likeness (QED) is 0.397. The molecule has 174 valence electrons. The Morgan fingerprint density at radius 1 is 1.03 bits per heavy atom. The van der Waals surface area contributed by atoms with Crippen LogP contribution in [-0.4, -0.2) is 21.4 Å². The van der Waals surface area contributed by atoms with Crippen molar-refractivity contribution in [2.45, 2.75) is 34.2 Å². The maximum Gasteiger partial charge on any atom is 0.266 e. The number of carbonyl (C=O) groups excluding carboxylic acids is 2. The van der Waals surface area contributed by atoms with Crippen LogP contribution in [0.4, 0.5) is 11.4 Å². The first-order chi connectivity index (χ1) is 16.2. The number of halogens is 1. The monoisotopic (exact) mass is 494 g/mol. The molecule has 0 fully saturated rings. The first-order valence-corrected chi connectivity index (χ1v) is 11.8. The molecule has 2 N–H and O–H groups in total. The van der Waals surface area contributed by atoms with E-state index in [1.807, 2.05) is 32.0 Å². The van der Waals surface area contributed by atoms with Crippen LogP contribution in [0.3, 0.4) is 0 Å². The molecule has 4 aromatic rings. The summed E-state index contributed by atoms with van der Waals surface area (Å²) >= 11 is 7.27. The third-order valence-corrected chi connectivity index (χ3v) is 7.22. The number of hydrogen-bond donors (Lipinski definition) is 2. The molecule has 0 radical (unpaired) electrons. The average molecular weight is 495 g/mol. The number of anilines is 2. The second-order valence-corrected chi connectivity index (χ2v) is 9.55. The minimum Gasteiger partial charge on any atom is -0.324 e. The smallest absolute Gasteiger partial charge is 0.266 e. The second-order valence-electron chi connectivity index (χ2n) is 8.15. The van der Waals surface area contributed by atoms with Gasteiger partial charge in [-0.2, -0.15) is 0 Å². The topological polar surface area (TPSA) is 93.1 Å². The van der Waals surface area contributed by atoms with Gasteiger partial charge in [-0.3, -0.25) is 19.0 Å². The van der Waals surface area contributed by atoms with Gasteiger partial charge in [-0.05, 0) is 62.6 Å². The van der Waals surface area contributed by atoms with Gasteiger partial charge in [0.15, 0.2) is 0 Å². The lowest BCUT2D eigenvalue weighted by atomic mass is 10.1. The van der Waals surface area contributed by atoms with Crippen molar-refractivity contribution in [1.82, 2.24) is 9.55 Å². The molecule has 0 aliphatic rings. The summed E-state index contributed by atoms with van der Waals surface area (Å²) in [6.45, 7) is 7.22. The Hall–Kier alpha value is -3.49. The zero-order valence-electron chi connectivity index (χ0n) is 19.2. The van der Waals surface area contributed by atoms with E-state index in [1.165, 1.54) is 10.9 Å². The summed E-state index contributed by atoms with van der Waals surface area (Å²) in [5.41, 5.74) is 4.26. The fraction of sp³-hybridized carbons (Fsp3) is 0.200. The van der Waals surface area contributed by atoms with Gasteiger partial charge >= 0.3 is 0 Å².